The van der Waals surface area contributed by atoms with Gasteiger partial charge in [0.2, 0.25) is 0 Å². The quantitative estimate of drug-likeness (QED) is 0.595. The highest BCUT2D eigenvalue weighted by Crippen LogP contribution is 2.31. The number of aliphatic hydroxyl groups excluding tert-OH is 1. The molecule has 108 valence electrons. The Kier molecular flexibility index (Phi) is 8.70. The molecule has 0 saturated carbocycles. The van der Waals surface area contributed by atoms with Crippen LogP contribution in [0.5, 0.6) is 0 Å². The second kappa shape index (κ2) is 9.80. The Hall–Kier alpha value is -0.0800. The fourth-order valence-electron chi connectivity index (χ4n) is 3.06. The van der Waals surface area contributed by atoms with E-state index in [9.17, 15) is 5.11 Å². The van der Waals surface area contributed by atoms with Crippen molar-refractivity contribution in [3.05, 3.63) is 0 Å². The molecule has 0 aromatic rings. The molecule has 0 bridgehead atoms. The van der Waals surface area contributed by atoms with Crippen LogP contribution >= 0.6 is 0 Å². The zero-order valence-corrected chi connectivity index (χ0v) is 12.4. The second-order valence-electron chi connectivity index (χ2n) is 5.87. The van der Waals surface area contributed by atoms with E-state index >= 15 is 0 Å². The van der Waals surface area contributed by atoms with Crippen LogP contribution in [0.3, 0.4) is 0 Å². The van der Waals surface area contributed by atoms with E-state index < -0.39 is 0 Å². The molecule has 1 saturated heterocycles. The van der Waals surface area contributed by atoms with Crippen LogP contribution in [0.1, 0.15) is 71.6 Å². The summed E-state index contributed by atoms with van der Waals surface area (Å²) in [5.41, 5.74) is 0. The SMILES string of the molecule is CCCCCCCC(CCCC)C1COC[C@@H]1O. The van der Waals surface area contributed by atoms with Gasteiger partial charge >= 0.3 is 0 Å². The molecule has 0 spiro atoms. The van der Waals surface area contributed by atoms with Crippen molar-refractivity contribution < 1.29 is 9.84 Å². The van der Waals surface area contributed by atoms with Crippen LogP contribution in [0.4, 0.5) is 0 Å². The van der Waals surface area contributed by atoms with Crippen LogP contribution in [0, 0.1) is 11.8 Å². The van der Waals surface area contributed by atoms with Crippen LogP contribution in [0.2, 0.25) is 0 Å². The lowest BCUT2D eigenvalue weighted by Crippen LogP contribution is -2.26. The van der Waals surface area contributed by atoms with E-state index in [0.29, 0.717) is 18.4 Å². The normalized spacial score (nSPS) is 25.5. The molecule has 0 radical (unpaired) electrons. The van der Waals surface area contributed by atoms with E-state index in [1.54, 1.807) is 0 Å². The monoisotopic (exact) mass is 256 g/mol. The predicted octanol–water partition coefficient (Wildman–Crippen LogP) is 4.16. The van der Waals surface area contributed by atoms with Gasteiger partial charge in [0.25, 0.3) is 0 Å². The van der Waals surface area contributed by atoms with Gasteiger partial charge in [-0.15, -0.1) is 0 Å². The summed E-state index contributed by atoms with van der Waals surface area (Å²) in [4.78, 5) is 0. The maximum atomic E-state index is 9.97. The molecule has 0 aromatic heterocycles. The van der Waals surface area contributed by atoms with E-state index in [1.165, 1.54) is 57.8 Å². The summed E-state index contributed by atoms with van der Waals surface area (Å²) in [6, 6.07) is 0. The van der Waals surface area contributed by atoms with Gasteiger partial charge < -0.3 is 9.84 Å². The van der Waals surface area contributed by atoms with Crippen LogP contribution < -0.4 is 0 Å². The highest BCUT2D eigenvalue weighted by Gasteiger charge is 2.32. The third-order valence-corrected chi connectivity index (χ3v) is 4.31. The van der Waals surface area contributed by atoms with Crippen molar-refractivity contribution in [3.63, 3.8) is 0 Å². The molecule has 1 fully saturated rings. The van der Waals surface area contributed by atoms with Gasteiger partial charge in [-0.05, 0) is 12.3 Å². The highest BCUT2D eigenvalue weighted by molar-refractivity contribution is 4.81. The molecule has 2 nitrogen and oxygen atoms in total. The molecule has 18 heavy (non-hydrogen) atoms. The fraction of sp³-hybridized carbons (Fsp3) is 1.00. The molecule has 1 rings (SSSR count). The Balaban J connectivity index is 2.26. The van der Waals surface area contributed by atoms with Crippen LogP contribution in [0.25, 0.3) is 0 Å². The first-order chi connectivity index (χ1) is 8.79. The zero-order chi connectivity index (χ0) is 13.2. The largest absolute Gasteiger partial charge is 0.390 e. The van der Waals surface area contributed by atoms with E-state index in [4.69, 9.17) is 4.74 Å². The molecule has 0 amide bonds. The van der Waals surface area contributed by atoms with Crippen molar-refractivity contribution in [2.45, 2.75) is 77.7 Å². The van der Waals surface area contributed by atoms with Gasteiger partial charge in [-0.25, -0.2) is 0 Å². The van der Waals surface area contributed by atoms with Crippen molar-refractivity contribution in [2.75, 3.05) is 13.2 Å². The van der Waals surface area contributed by atoms with Crippen molar-refractivity contribution in [3.8, 4) is 0 Å². The van der Waals surface area contributed by atoms with E-state index in [2.05, 4.69) is 13.8 Å². The molecule has 2 heteroatoms. The van der Waals surface area contributed by atoms with Gasteiger partial charge in [-0.1, -0.05) is 65.2 Å². The molecular formula is C16H32O2. The lowest BCUT2D eigenvalue weighted by Gasteiger charge is -2.24. The number of unbranched alkanes of at least 4 members (excludes halogenated alkanes) is 5. The van der Waals surface area contributed by atoms with Crippen molar-refractivity contribution in [1.29, 1.82) is 0 Å². The van der Waals surface area contributed by atoms with Gasteiger partial charge in [0, 0.05) is 5.92 Å². The van der Waals surface area contributed by atoms with Crippen molar-refractivity contribution in [1.82, 2.24) is 0 Å². The molecule has 1 heterocycles. The predicted molar refractivity (Wildman–Crippen MR) is 76.7 cm³/mol. The van der Waals surface area contributed by atoms with Gasteiger partial charge in [0.1, 0.15) is 0 Å². The maximum Gasteiger partial charge on any atom is 0.0826 e. The zero-order valence-electron chi connectivity index (χ0n) is 12.4. The first-order valence-corrected chi connectivity index (χ1v) is 8.05. The second-order valence-corrected chi connectivity index (χ2v) is 5.87. The smallest absolute Gasteiger partial charge is 0.0826 e. The number of hydrogen-bond acceptors (Lipinski definition) is 2. The third kappa shape index (κ3) is 5.71. The molecule has 1 aliphatic heterocycles. The average molecular weight is 256 g/mol. The van der Waals surface area contributed by atoms with Crippen LogP contribution in [-0.4, -0.2) is 24.4 Å². The summed E-state index contributed by atoms with van der Waals surface area (Å²) in [5.74, 6) is 1.09. The Labute approximate surface area is 113 Å². The summed E-state index contributed by atoms with van der Waals surface area (Å²) < 4.78 is 5.43. The molecule has 3 atom stereocenters. The Morgan fingerprint density at radius 1 is 0.944 bits per heavy atom. The number of aliphatic hydroxyl groups is 1. The van der Waals surface area contributed by atoms with Gasteiger partial charge in [-0.2, -0.15) is 0 Å². The fourth-order valence-corrected chi connectivity index (χ4v) is 3.06. The summed E-state index contributed by atoms with van der Waals surface area (Å²) in [5, 5.41) is 9.97. The van der Waals surface area contributed by atoms with E-state index in [1.807, 2.05) is 0 Å². The lowest BCUT2D eigenvalue weighted by atomic mass is 9.82. The standard InChI is InChI=1S/C16H32O2/c1-3-5-7-8-9-11-14(10-6-4-2)15-12-18-13-16(15)17/h14-17H,3-13H2,1-2H3/t14?,15?,16-/m0/s1. The van der Waals surface area contributed by atoms with Crippen LogP contribution in [-0.2, 0) is 4.74 Å². The molecule has 1 N–H and O–H groups in total. The maximum absolute atomic E-state index is 9.97. The Bertz CT molecular complexity index is 194. The van der Waals surface area contributed by atoms with Gasteiger partial charge in [-0.3, -0.25) is 0 Å². The number of rotatable bonds is 10. The minimum Gasteiger partial charge on any atom is -0.390 e. The molecular weight excluding hydrogens is 224 g/mol. The molecule has 0 aromatic carbocycles. The first-order valence-electron chi connectivity index (χ1n) is 8.05. The first kappa shape index (κ1) is 16.0. The molecule has 0 aliphatic carbocycles. The van der Waals surface area contributed by atoms with Crippen molar-refractivity contribution in [2.24, 2.45) is 11.8 Å². The summed E-state index contributed by atoms with van der Waals surface area (Å²) >= 11 is 0. The third-order valence-electron chi connectivity index (χ3n) is 4.31. The minimum absolute atomic E-state index is 0.206. The number of ether oxygens (including phenoxy) is 1. The van der Waals surface area contributed by atoms with E-state index in [0.717, 1.165) is 6.61 Å². The Morgan fingerprint density at radius 3 is 2.22 bits per heavy atom. The van der Waals surface area contributed by atoms with Gasteiger partial charge in [0.15, 0.2) is 0 Å². The molecule has 1 aliphatic rings. The molecule has 2 unspecified atom stereocenters. The summed E-state index contributed by atoms with van der Waals surface area (Å²) in [6.07, 6.45) is 11.7. The van der Waals surface area contributed by atoms with E-state index in [-0.39, 0.29) is 6.10 Å². The van der Waals surface area contributed by atoms with Crippen LogP contribution in [0.15, 0.2) is 0 Å². The topological polar surface area (TPSA) is 29.5 Å². The Morgan fingerprint density at radius 2 is 1.61 bits per heavy atom. The average Bonchev–Trinajstić information content (AvgIpc) is 2.79. The summed E-state index contributed by atoms with van der Waals surface area (Å²) in [7, 11) is 0. The van der Waals surface area contributed by atoms with Gasteiger partial charge in [0.05, 0.1) is 19.3 Å². The highest BCUT2D eigenvalue weighted by atomic mass is 16.5. The minimum atomic E-state index is -0.206. The summed E-state index contributed by atoms with van der Waals surface area (Å²) in [6.45, 7) is 5.85. The van der Waals surface area contributed by atoms with Crippen molar-refractivity contribution >= 4 is 0 Å². The lowest BCUT2D eigenvalue weighted by molar-refractivity contribution is 0.0982. The number of hydrogen-bond donors (Lipinski definition) is 1.